The second kappa shape index (κ2) is 10.6. The van der Waals surface area contributed by atoms with Crippen molar-refractivity contribution < 1.29 is 17.9 Å². The third kappa shape index (κ3) is 6.45. The van der Waals surface area contributed by atoms with Crippen molar-refractivity contribution in [2.45, 2.75) is 51.6 Å². The number of carbonyl (C=O) groups is 1. The SMILES string of the molecule is COc1ccccc1NS(=O)(=O)c1cc(C(=O)NCCN(C(C)C)C(C)C)ccc1C. The summed E-state index contributed by atoms with van der Waals surface area (Å²) in [6.07, 6.45) is 0. The van der Waals surface area contributed by atoms with Gasteiger partial charge < -0.3 is 10.1 Å². The zero-order valence-corrected chi connectivity index (χ0v) is 19.9. The van der Waals surface area contributed by atoms with E-state index < -0.39 is 10.0 Å². The summed E-state index contributed by atoms with van der Waals surface area (Å²) in [6.45, 7) is 11.4. The van der Waals surface area contributed by atoms with Crippen LogP contribution in [0.2, 0.25) is 0 Å². The van der Waals surface area contributed by atoms with Gasteiger partial charge in [-0.1, -0.05) is 18.2 Å². The fourth-order valence-corrected chi connectivity index (χ4v) is 4.81. The van der Waals surface area contributed by atoms with E-state index in [2.05, 4.69) is 42.6 Å². The molecule has 31 heavy (non-hydrogen) atoms. The number of aryl methyl sites for hydroxylation is 1. The lowest BCUT2D eigenvalue weighted by Gasteiger charge is -2.30. The van der Waals surface area contributed by atoms with Crippen LogP contribution < -0.4 is 14.8 Å². The number of hydrogen-bond acceptors (Lipinski definition) is 5. The van der Waals surface area contributed by atoms with Crippen molar-refractivity contribution in [1.29, 1.82) is 0 Å². The van der Waals surface area contributed by atoms with Gasteiger partial charge in [0.2, 0.25) is 0 Å². The molecule has 0 unspecified atom stereocenters. The van der Waals surface area contributed by atoms with E-state index in [4.69, 9.17) is 4.74 Å². The lowest BCUT2D eigenvalue weighted by atomic mass is 10.1. The Morgan fingerprint density at radius 3 is 2.32 bits per heavy atom. The molecule has 7 nitrogen and oxygen atoms in total. The molecule has 2 rings (SSSR count). The van der Waals surface area contributed by atoms with Crippen LogP contribution in [0, 0.1) is 6.92 Å². The molecule has 0 aliphatic heterocycles. The van der Waals surface area contributed by atoms with Gasteiger partial charge in [-0.25, -0.2) is 8.42 Å². The number of methoxy groups -OCH3 is 1. The van der Waals surface area contributed by atoms with Gasteiger partial charge >= 0.3 is 0 Å². The third-order valence-electron chi connectivity index (χ3n) is 5.07. The minimum atomic E-state index is -3.91. The Labute approximate surface area is 185 Å². The van der Waals surface area contributed by atoms with E-state index in [1.54, 1.807) is 43.3 Å². The van der Waals surface area contributed by atoms with Crippen LogP contribution in [0.3, 0.4) is 0 Å². The van der Waals surface area contributed by atoms with Gasteiger partial charge in [0, 0.05) is 30.7 Å². The van der Waals surface area contributed by atoms with Crippen LogP contribution >= 0.6 is 0 Å². The summed E-state index contributed by atoms with van der Waals surface area (Å²) < 4.78 is 33.8. The number of rotatable bonds is 10. The number of para-hydroxylation sites is 2. The molecule has 170 valence electrons. The monoisotopic (exact) mass is 447 g/mol. The molecule has 2 aromatic carbocycles. The largest absolute Gasteiger partial charge is 0.495 e. The Balaban J connectivity index is 2.18. The van der Waals surface area contributed by atoms with E-state index in [-0.39, 0.29) is 10.8 Å². The van der Waals surface area contributed by atoms with Gasteiger partial charge in [0.1, 0.15) is 5.75 Å². The van der Waals surface area contributed by atoms with Gasteiger partial charge in [-0.3, -0.25) is 14.4 Å². The van der Waals surface area contributed by atoms with Crippen LogP contribution in [-0.4, -0.2) is 51.5 Å². The highest BCUT2D eigenvalue weighted by molar-refractivity contribution is 7.92. The van der Waals surface area contributed by atoms with Crippen LogP contribution in [-0.2, 0) is 10.0 Å². The molecular formula is C23H33N3O4S. The number of amides is 1. The molecule has 0 fully saturated rings. The lowest BCUT2D eigenvalue weighted by molar-refractivity contribution is 0.0939. The van der Waals surface area contributed by atoms with Gasteiger partial charge in [-0.05, 0) is 64.4 Å². The molecule has 0 heterocycles. The van der Waals surface area contributed by atoms with Gasteiger partial charge in [0.25, 0.3) is 15.9 Å². The highest BCUT2D eigenvalue weighted by Crippen LogP contribution is 2.27. The molecule has 0 spiro atoms. The van der Waals surface area contributed by atoms with Crippen molar-refractivity contribution in [2.75, 3.05) is 24.9 Å². The molecular weight excluding hydrogens is 414 g/mol. The van der Waals surface area contributed by atoms with E-state index >= 15 is 0 Å². The third-order valence-corrected chi connectivity index (χ3v) is 6.58. The summed E-state index contributed by atoms with van der Waals surface area (Å²) in [6, 6.07) is 12.2. The molecule has 1 amide bonds. The van der Waals surface area contributed by atoms with E-state index in [0.717, 1.165) is 0 Å². The highest BCUT2D eigenvalue weighted by atomic mass is 32.2. The van der Waals surface area contributed by atoms with Gasteiger partial charge in [-0.15, -0.1) is 0 Å². The summed E-state index contributed by atoms with van der Waals surface area (Å²) in [4.78, 5) is 15.0. The average Bonchev–Trinajstić information content (AvgIpc) is 2.70. The minimum Gasteiger partial charge on any atom is -0.495 e. The molecule has 0 saturated carbocycles. The van der Waals surface area contributed by atoms with Crippen molar-refractivity contribution in [3.8, 4) is 5.75 Å². The second-order valence-electron chi connectivity index (χ2n) is 7.97. The summed E-state index contributed by atoms with van der Waals surface area (Å²) in [5, 5.41) is 2.89. The number of hydrogen-bond donors (Lipinski definition) is 2. The Morgan fingerprint density at radius 1 is 1.06 bits per heavy atom. The van der Waals surface area contributed by atoms with Crippen LogP contribution in [0.25, 0.3) is 0 Å². The first-order valence-electron chi connectivity index (χ1n) is 10.4. The molecule has 0 aliphatic rings. The molecule has 2 aromatic rings. The van der Waals surface area contributed by atoms with E-state index in [9.17, 15) is 13.2 Å². The maximum Gasteiger partial charge on any atom is 0.262 e. The molecule has 0 aliphatic carbocycles. The minimum absolute atomic E-state index is 0.0528. The van der Waals surface area contributed by atoms with Crippen LogP contribution in [0.15, 0.2) is 47.4 Å². The van der Waals surface area contributed by atoms with Gasteiger partial charge in [-0.2, -0.15) is 0 Å². The summed E-state index contributed by atoms with van der Waals surface area (Å²) in [7, 11) is -2.43. The summed E-state index contributed by atoms with van der Waals surface area (Å²) >= 11 is 0. The normalized spacial score (nSPS) is 11.8. The van der Waals surface area contributed by atoms with Crippen LogP contribution in [0.1, 0.15) is 43.6 Å². The number of nitrogens with one attached hydrogen (secondary N) is 2. The Hall–Kier alpha value is -2.58. The number of anilines is 1. The van der Waals surface area contributed by atoms with Crippen molar-refractivity contribution in [1.82, 2.24) is 10.2 Å². The van der Waals surface area contributed by atoms with Crippen molar-refractivity contribution in [3.63, 3.8) is 0 Å². The maximum atomic E-state index is 13.0. The fraction of sp³-hybridized carbons (Fsp3) is 0.435. The Morgan fingerprint density at radius 2 is 1.71 bits per heavy atom. The molecule has 0 bridgehead atoms. The molecule has 0 radical (unpaired) electrons. The van der Waals surface area contributed by atoms with Crippen LogP contribution in [0.4, 0.5) is 5.69 Å². The quantitative estimate of drug-likeness (QED) is 0.580. The Bertz CT molecular complexity index is 996. The predicted molar refractivity (Wildman–Crippen MR) is 124 cm³/mol. The van der Waals surface area contributed by atoms with Crippen molar-refractivity contribution >= 4 is 21.6 Å². The first kappa shape index (κ1) is 24.7. The number of carbonyl (C=O) groups excluding carboxylic acids is 1. The van der Waals surface area contributed by atoms with Gasteiger partial charge in [0.15, 0.2) is 0 Å². The second-order valence-corrected chi connectivity index (χ2v) is 9.62. The first-order chi connectivity index (χ1) is 14.6. The summed E-state index contributed by atoms with van der Waals surface area (Å²) in [5.74, 6) is 0.110. The molecule has 2 N–H and O–H groups in total. The first-order valence-corrected chi connectivity index (χ1v) is 11.9. The van der Waals surface area contributed by atoms with Crippen molar-refractivity contribution in [3.05, 3.63) is 53.6 Å². The average molecular weight is 448 g/mol. The highest BCUT2D eigenvalue weighted by Gasteiger charge is 2.21. The van der Waals surface area contributed by atoms with Gasteiger partial charge in [0.05, 0.1) is 17.7 Å². The van der Waals surface area contributed by atoms with E-state index in [1.807, 2.05) is 0 Å². The topological polar surface area (TPSA) is 87.7 Å². The van der Waals surface area contributed by atoms with Crippen LogP contribution in [0.5, 0.6) is 5.75 Å². The van der Waals surface area contributed by atoms with Crippen molar-refractivity contribution in [2.24, 2.45) is 0 Å². The Kier molecular flexibility index (Phi) is 8.47. The van der Waals surface area contributed by atoms with E-state index in [1.165, 1.54) is 13.2 Å². The van der Waals surface area contributed by atoms with E-state index in [0.29, 0.717) is 47.7 Å². The molecule has 0 aromatic heterocycles. The standard InChI is InChI=1S/C23H33N3O4S/c1-16(2)26(17(3)4)14-13-24-23(27)19-12-11-18(5)22(15-19)31(28,29)25-20-9-7-8-10-21(20)30-6/h7-12,15-17,25H,13-14H2,1-6H3,(H,24,27). The lowest BCUT2D eigenvalue weighted by Crippen LogP contribution is -2.42. The summed E-state index contributed by atoms with van der Waals surface area (Å²) in [5.41, 5.74) is 1.18. The number of nitrogens with zero attached hydrogens (tertiary/aromatic N) is 1. The molecule has 8 heteroatoms. The zero-order chi connectivity index (χ0) is 23.2. The number of ether oxygens (including phenoxy) is 1. The maximum absolute atomic E-state index is 13.0. The molecule has 0 atom stereocenters. The number of sulfonamides is 1. The number of benzene rings is 2. The fourth-order valence-electron chi connectivity index (χ4n) is 3.47. The smallest absolute Gasteiger partial charge is 0.262 e. The predicted octanol–water partition coefficient (Wildman–Crippen LogP) is 3.65. The molecule has 0 saturated heterocycles. The zero-order valence-electron chi connectivity index (χ0n) is 19.1.